The molecule has 1 aromatic carbocycles. The van der Waals surface area contributed by atoms with Crippen molar-refractivity contribution in [2.24, 2.45) is 5.84 Å². The van der Waals surface area contributed by atoms with Gasteiger partial charge < -0.3 is 10.1 Å². The molecule has 0 aliphatic heterocycles. The normalized spacial score (nSPS) is 10.9. The number of aromatic nitrogens is 1. The Kier molecular flexibility index (Phi) is 6.30. The quantitative estimate of drug-likeness (QED) is 0.488. The summed E-state index contributed by atoms with van der Waals surface area (Å²) in [6.07, 6.45) is 3.22. The molecular weight excluding hydrogens is 332 g/mol. The lowest BCUT2D eigenvalue weighted by Crippen LogP contribution is -2.42. The second kappa shape index (κ2) is 8.44. The molecule has 0 aliphatic rings. The van der Waals surface area contributed by atoms with Crippen LogP contribution in [0.3, 0.4) is 0 Å². The smallest absolute Gasteiger partial charge is 0.424 e. The Morgan fingerprint density at radius 3 is 2.31 bits per heavy atom. The first-order chi connectivity index (χ1) is 12.2. The van der Waals surface area contributed by atoms with Crippen molar-refractivity contribution in [2.75, 3.05) is 11.9 Å². The molecule has 0 bridgehead atoms. The number of nitrogens with two attached hydrogens (primary N) is 1. The minimum atomic E-state index is -0.585. The van der Waals surface area contributed by atoms with Crippen molar-refractivity contribution >= 4 is 17.7 Å². The number of nitrogens with one attached hydrogen (secondary N) is 1. The number of hydrogen-bond acceptors (Lipinski definition) is 5. The van der Waals surface area contributed by atoms with Crippen molar-refractivity contribution in [3.8, 4) is 0 Å². The number of ether oxygens (including phenoxy) is 1. The summed E-state index contributed by atoms with van der Waals surface area (Å²) in [5.41, 5.74) is 1.61. The van der Waals surface area contributed by atoms with Gasteiger partial charge in [-0.05, 0) is 57.0 Å². The summed E-state index contributed by atoms with van der Waals surface area (Å²) >= 11 is 0. The maximum Gasteiger partial charge on any atom is 0.424 e. The number of carbonyl (C=O) groups excluding carboxylic acids is 2. The Morgan fingerprint density at radius 1 is 1.12 bits per heavy atom. The van der Waals surface area contributed by atoms with Crippen LogP contribution in [0, 0.1) is 0 Å². The maximum atomic E-state index is 12.2. The second-order valence-corrected chi connectivity index (χ2v) is 6.81. The van der Waals surface area contributed by atoms with Crippen LogP contribution in [0.15, 0.2) is 48.8 Å². The molecular formula is C19H24N4O3. The highest BCUT2D eigenvalue weighted by Gasteiger charge is 2.19. The number of hydrogen-bond donors (Lipinski definition) is 2. The average molecular weight is 356 g/mol. The van der Waals surface area contributed by atoms with E-state index in [-0.39, 0.29) is 5.91 Å². The molecule has 3 N–H and O–H groups in total. The Balaban J connectivity index is 1.87. The van der Waals surface area contributed by atoms with E-state index in [1.54, 1.807) is 57.4 Å². The van der Waals surface area contributed by atoms with E-state index >= 15 is 0 Å². The van der Waals surface area contributed by atoms with Gasteiger partial charge in [0.1, 0.15) is 5.60 Å². The molecule has 7 heteroatoms. The summed E-state index contributed by atoms with van der Waals surface area (Å²) in [5.74, 6) is 5.53. The highest BCUT2D eigenvalue weighted by Crippen LogP contribution is 2.11. The number of hydrazine groups is 1. The van der Waals surface area contributed by atoms with Crippen molar-refractivity contribution in [1.82, 2.24) is 9.99 Å². The fourth-order valence-corrected chi connectivity index (χ4v) is 2.12. The molecule has 0 radical (unpaired) electrons. The monoisotopic (exact) mass is 356 g/mol. The number of anilines is 1. The number of pyridine rings is 1. The summed E-state index contributed by atoms with van der Waals surface area (Å²) in [6.45, 7) is 5.68. The first-order valence-corrected chi connectivity index (χ1v) is 8.30. The third-order valence-electron chi connectivity index (χ3n) is 3.42. The molecule has 0 atom stereocenters. The van der Waals surface area contributed by atoms with Gasteiger partial charge in [0.2, 0.25) is 0 Å². The van der Waals surface area contributed by atoms with Gasteiger partial charge in [-0.3, -0.25) is 9.78 Å². The molecule has 0 saturated carbocycles. The van der Waals surface area contributed by atoms with Crippen LogP contribution in [-0.2, 0) is 11.2 Å². The minimum Gasteiger partial charge on any atom is -0.443 e. The van der Waals surface area contributed by atoms with E-state index in [1.165, 1.54) is 0 Å². The van der Waals surface area contributed by atoms with Gasteiger partial charge in [-0.15, -0.1) is 0 Å². The van der Waals surface area contributed by atoms with E-state index in [2.05, 4.69) is 10.3 Å². The highest BCUT2D eigenvalue weighted by atomic mass is 16.6. The Morgan fingerprint density at radius 2 is 1.73 bits per heavy atom. The van der Waals surface area contributed by atoms with Gasteiger partial charge in [0.25, 0.3) is 5.91 Å². The van der Waals surface area contributed by atoms with Gasteiger partial charge in [0.15, 0.2) is 0 Å². The summed E-state index contributed by atoms with van der Waals surface area (Å²) in [4.78, 5) is 27.9. The van der Waals surface area contributed by atoms with Crippen molar-refractivity contribution < 1.29 is 14.3 Å². The molecule has 0 spiro atoms. The molecule has 2 rings (SSSR count). The second-order valence-electron chi connectivity index (χ2n) is 6.81. The molecule has 1 heterocycles. The van der Waals surface area contributed by atoms with E-state index < -0.39 is 11.7 Å². The topological polar surface area (TPSA) is 97.5 Å². The number of benzene rings is 1. The lowest BCUT2D eigenvalue weighted by Gasteiger charge is -2.24. The van der Waals surface area contributed by atoms with Gasteiger partial charge in [-0.1, -0.05) is 12.1 Å². The molecule has 0 aliphatic carbocycles. The third-order valence-corrected chi connectivity index (χ3v) is 3.42. The van der Waals surface area contributed by atoms with Crippen molar-refractivity contribution in [2.45, 2.75) is 32.8 Å². The van der Waals surface area contributed by atoms with E-state index in [4.69, 9.17) is 10.6 Å². The molecule has 1 aromatic heterocycles. The van der Waals surface area contributed by atoms with Crippen molar-refractivity contribution in [3.05, 3.63) is 59.9 Å². The molecule has 26 heavy (non-hydrogen) atoms. The van der Waals surface area contributed by atoms with Crippen LogP contribution in [0.2, 0.25) is 0 Å². The molecule has 2 amide bonds. The number of carbonyl (C=O) groups is 2. The van der Waals surface area contributed by atoms with E-state index in [0.717, 1.165) is 10.6 Å². The summed E-state index contributed by atoms with van der Waals surface area (Å²) in [6, 6.07) is 10.6. The molecule has 7 nitrogen and oxygen atoms in total. The predicted molar refractivity (Wildman–Crippen MR) is 99.5 cm³/mol. The lowest BCUT2D eigenvalue weighted by molar-refractivity contribution is 0.0250. The Labute approximate surface area is 153 Å². The van der Waals surface area contributed by atoms with Crippen LogP contribution in [0.4, 0.5) is 10.5 Å². The van der Waals surface area contributed by atoms with Crippen LogP contribution in [0.5, 0.6) is 0 Å². The standard InChI is InChI=1S/C19H24N4O3/c1-19(2,3)26-18(25)23(20)13-10-14-4-6-15(7-5-14)17(24)22-16-8-11-21-12-9-16/h4-9,11-12H,10,13,20H2,1-3H3,(H,21,22,24). The highest BCUT2D eigenvalue weighted by molar-refractivity contribution is 6.04. The fraction of sp³-hybridized carbons (Fsp3) is 0.316. The molecule has 0 unspecified atom stereocenters. The largest absolute Gasteiger partial charge is 0.443 e. The SMILES string of the molecule is CC(C)(C)OC(=O)N(N)CCc1ccc(C(=O)Nc2ccncc2)cc1. The van der Waals surface area contributed by atoms with E-state index in [0.29, 0.717) is 24.2 Å². The Hall–Kier alpha value is -2.93. The zero-order chi connectivity index (χ0) is 19.2. The predicted octanol–water partition coefficient (Wildman–Crippen LogP) is 2.99. The first kappa shape index (κ1) is 19.4. The van der Waals surface area contributed by atoms with Crippen LogP contribution in [0.1, 0.15) is 36.7 Å². The third kappa shape index (κ3) is 6.18. The van der Waals surface area contributed by atoms with E-state index in [1.807, 2.05) is 12.1 Å². The Bertz CT molecular complexity index is 740. The van der Waals surface area contributed by atoms with Gasteiger partial charge in [0, 0.05) is 30.2 Å². The zero-order valence-electron chi connectivity index (χ0n) is 15.2. The summed E-state index contributed by atoms with van der Waals surface area (Å²) in [5, 5.41) is 3.85. The van der Waals surface area contributed by atoms with Gasteiger partial charge in [-0.2, -0.15) is 0 Å². The van der Waals surface area contributed by atoms with E-state index in [9.17, 15) is 9.59 Å². The van der Waals surface area contributed by atoms with Gasteiger partial charge in [0.05, 0.1) is 0 Å². The fourth-order valence-electron chi connectivity index (χ4n) is 2.12. The minimum absolute atomic E-state index is 0.197. The lowest BCUT2D eigenvalue weighted by atomic mass is 10.1. The summed E-state index contributed by atoms with van der Waals surface area (Å²) in [7, 11) is 0. The average Bonchev–Trinajstić information content (AvgIpc) is 2.59. The summed E-state index contributed by atoms with van der Waals surface area (Å²) < 4.78 is 5.20. The molecule has 0 saturated heterocycles. The molecule has 0 fully saturated rings. The van der Waals surface area contributed by atoms with Crippen LogP contribution >= 0.6 is 0 Å². The molecule has 2 aromatic rings. The number of nitrogens with zero attached hydrogens (tertiary/aromatic N) is 2. The zero-order valence-corrected chi connectivity index (χ0v) is 15.2. The molecule has 138 valence electrons. The number of rotatable bonds is 5. The number of amides is 2. The van der Waals surface area contributed by atoms with Gasteiger partial charge >= 0.3 is 6.09 Å². The van der Waals surface area contributed by atoms with Crippen LogP contribution in [0.25, 0.3) is 0 Å². The first-order valence-electron chi connectivity index (χ1n) is 8.30. The van der Waals surface area contributed by atoms with Crippen molar-refractivity contribution in [1.29, 1.82) is 0 Å². The van der Waals surface area contributed by atoms with Crippen LogP contribution < -0.4 is 11.2 Å². The maximum absolute atomic E-state index is 12.2. The van der Waals surface area contributed by atoms with Crippen molar-refractivity contribution in [3.63, 3.8) is 0 Å². The van der Waals surface area contributed by atoms with Crippen LogP contribution in [-0.4, -0.2) is 34.1 Å². The van der Waals surface area contributed by atoms with Gasteiger partial charge in [-0.25, -0.2) is 15.6 Å².